The Morgan fingerprint density at radius 3 is 2.90 bits per heavy atom. The third-order valence-electron chi connectivity index (χ3n) is 4.78. The fourth-order valence-electron chi connectivity index (χ4n) is 3.62. The number of hydrogen-bond donors (Lipinski definition) is 1. The summed E-state index contributed by atoms with van der Waals surface area (Å²) in [6.07, 6.45) is 2.80. The van der Waals surface area contributed by atoms with E-state index in [1.807, 2.05) is 0 Å². The molecule has 2 saturated heterocycles. The molecule has 3 rings (SSSR count). The maximum Gasteiger partial charge on any atom is 0.0235 e. The van der Waals surface area contributed by atoms with E-state index in [1.165, 1.54) is 50.1 Å². The third kappa shape index (κ3) is 4.06. The lowest BCUT2D eigenvalue weighted by Gasteiger charge is -2.37. The van der Waals surface area contributed by atoms with Gasteiger partial charge in [-0.3, -0.25) is 9.80 Å². The highest BCUT2D eigenvalue weighted by Gasteiger charge is 2.30. The van der Waals surface area contributed by atoms with Crippen molar-refractivity contribution in [1.82, 2.24) is 15.1 Å². The number of piperazine rings is 1. The fourth-order valence-corrected chi connectivity index (χ4v) is 3.62. The number of rotatable bonds is 5. The van der Waals surface area contributed by atoms with Crippen LogP contribution in [0.5, 0.6) is 0 Å². The van der Waals surface area contributed by atoms with Crippen LogP contribution in [0.3, 0.4) is 0 Å². The molecule has 2 fully saturated rings. The van der Waals surface area contributed by atoms with Gasteiger partial charge in [0.25, 0.3) is 0 Å². The molecule has 1 aromatic carbocycles. The molecule has 2 aliphatic heterocycles. The molecule has 0 aliphatic carbocycles. The van der Waals surface area contributed by atoms with Gasteiger partial charge in [0.05, 0.1) is 0 Å². The van der Waals surface area contributed by atoms with E-state index in [2.05, 4.69) is 53.2 Å². The molecule has 116 valence electrons. The Balaban J connectivity index is 1.56. The lowest BCUT2D eigenvalue weighted by Crippen LogP contribution is -2.49. The van der Waals surface area contributed by atoms with Crippen molar-refractivity contribution in [1.29, 1.82) is 0 Å². The third-order valence-corrected chi connectivity index (χ3v) is 4.78. The number of hydrogen-bond acceptors (Lipinski definition) is 3. The van der Waals surface area contributed by atoms with E-state index in [4.69, 9.17) is 0 Å². The van der Waals surface area contributed by atoms with Gasteiger partial charge in [0.2, 0.25) is 0 Å². The van der Waals surface area contributed by atoms with E-state index in [0.717, 1.165) is 19.1 Å². The molecule has 0 spiro atoms. The summed E-state index contributed by atoms with van der Waals surface area (Å²) >= 11 is 0. The van der Waals surface area contributed by atoms with Crippen molar-refractivity contribution in [2.75, 3.05) is 26.2 Å². The Hall–Kier alpha value is -0.900. The van der Waals surface area contributed by atoms with Crippen molar-refractivity contribution in [2.45, 2.75) is 51.9 Å². The topological polar surface area (TPSA) is 18.5 Å². The molecular weight excluding hydrogens is 258 g/mol. The van der Waals surface area contributed by atoms with Crippen molar-refractivity contribution >= 4 is 0 Å². The van der Waals surface area contributed by atoms with Crippen LogP contribution in [-0.2, 0) is 13.1 Å². The van der Waals surface area contributed by atoms with Crippen LogP contribution in [0.4, 0.5) is 0 Å². The molecule has 1 atom stereocenters. The summed E-state index contributed by atoms with van der Waals surface area (Å²) in [5.41, 5.74) is 2.87. The molecule has 0 aromatic heterocycles. The lowest BCUT2D eigenvalue weighted by atomic mass is 10.1. The number of fused-ring (bicyclic) bond motifs is 1. The standard InChI is InChI=1S/C18H29N3/c1-15(2)19-12-16-5-3-6-17(11-16)13-20-9-10-21-8-4-7-18(21)14-20/h3,5-6,11,15,18-19H,4,7-10,12-14H2,1-2H3. The maximum absolute atomic E-state index is 3.50. The SMILES string of the molecule is CC(C)NCc1cccc(CN2CCN3CCCC3C2)c1. The van der Waals surface area contributed by atoms with E-state index < -0.39 is 0 Å². The van der Waals surface area contributed by atoms with Gasteiger partial charge in [-0.2, -0.15) is 0 Å². The van der Waals surface area contributed by atoms with Crippen LogP contribution < -0.4 is 5.32 Å². The fraction of sp³-hybridized carbons (Fsp3) is 0.667. The molecule has 0 saturated carbocycles. The number of nitrogens with zero attached hydrogens (tertiary/aromatic N) is 2. The minimum Gasteiger partial charge on any atom is -0.310 e. The summed E-state index contributed by atoms with van der Waals surface area (Å²) < 4.78 is 0. The quantitative estimate of drug-likeness (QED) is 0.897. The molecule has 1 aromatic rings. The highest BCUT2D eigenvalue weighted by molar-refractivity contribution is 5.23. The zero-order valence-corrected chi connectivity index (χ0v) is 13.5. The van der Waals surface area contributed by atoms with Crippen LogP contribution in [0.2, 0.25) is 0 Å². The predicted octanol–water partition coefficient (Wildman–Crippen LogP) is 2.46. The first-order valence-electron chi connectivity index (χ1n) is 8.48. The van der Waals surface area contributed by atoms with Gasteiger partial charge in [-0.1, -0.05) is 38.1 Å². The van der Waals surface area contributed by atoms with Gasteiger partial charge in [-0.25, -0.2) is 0 Å². The van der Waals surface area contributed by atoms with Crippen LogP contribution in [0, 0.1) is 0 Å². The minimum atomic E-state index is 0.545. The Morgan fingerprint density at radius 2 is 2.05 bits per heavy atom. The van der Waals surface area contributed by atoms with Crippen molar-refractivity contribution in [2.24, 2.45) is 0 Å². The molecule has 0 radical (unpaired) electrons. The van der Waals surface area contributed by atoms with Crippen LogP contribution in [0.15, 0.2) is 24.3 Å². The highest BCUT2D eigenvalue weighted by atomic mass is 15.3. The predicted molar refractivity (Wildman–Crippen MR) is 88.3 cm³/mol. The summed E-state index contributed by atoms with van der Waals surface area (Å²) in [5.74, 6) is 0. The van der Waals surface area contributed by atoms with Gasteiger partial charge >= 0.3 is 0 Å². The number of nitrogens with one attached hydrogen (secondary N) is 1. The van der Waals surface area contributed by atoms with E-state index in [0.29, 0.717) is 6.04 Å². The van der Waals surface area contributed by atoms with Crippen LogP contribution in [0.25, 0.3) is 0 Å². The Bertz CT molecular complexity index is 458. The average molecular weight is 287 g/mol. The average Bonchev–Trinajstić information content (AvgIpc) is 2.93. The van der Waals surface area contributed by atoms with Crippen molar-refractivity contribution < 1.29 is 0 Å². The van der Waals surface area contributed by atoms with Crippen LogP contribution in [0.1, 0.15) is 37.8 Å². The van der Waals surface area contributed by atoms with Gasteiger partial charge in [0.15, 0.2) is 0 Å². The summed E-state index contributed by atoms with van der Waals surface area (Å²) in [6.45, 7) is 11.6. The number of benzene rings is 1. The first-order valence-corrected chi connectivity index (χ1v) is 8.48. The van der Waals surface area contributed by atoms with Crippen molar-refractivity contribution in [3.8, 4) is 0 Å². The molecule has 2 aliphatic rings. The normalized spacial score (nSPS) is 23.7. The summed E-state index contributed by atoms with van der Waals surface area (Å²) in [5, 5.41) is 3.50. The smallest absolute Gasteiger partial charge is 0.0235 e. The first-order chi connectivity index (χ1) is 10.2. The zero-order valence-electron chi connectivity index (χ0n) is 13.5. The Kier molecular flexibility index (Phi) is 4.94. The molecule has 1 unspecified atom stereocenters. The Labute approximate surface area is 129 Å². The van der Waals surface area contributed by atoms with Crippen LogP contribution in [-0.4, -0.2) is 48.1 Å². The van der Waals surface area contributed by atoms with Crippen molar-refractivity contribution in [3.05, 3.63) is 35.4 Å². The maximum atomic E-state index is 3.50. The van der Waals surface area contributed by atoms with Crippen LogP contribution >= 0.6 is 0 Å². The molecule has 0 bridgehead atoms. The van der Waals surface area contributed by atoms with E-state index in [9.17, 15) is 0 Å². The second-order valence-electron chi connectivity index (χ2n) is 6.92. The summed E-state index contributed by atoms with van der Waals surface area (Å²) in [4.78, 5) is 5.32. The summed E-state index contributed by atoms with van der Waals surface area (Å²) in [7, 11) is 0. The lowest BCUT2D eigenvalue weighted by molar-refractivity contribution is 0.0993. The monoisotopic (exact) mass is 287 g/mol. The largest absolute Gasteiger partial charge is 0.310 e. The molecular formula is C18H29N3. The van der Waals surface area contributed by atoms with Gasteiger partial charge in [-0.05, 0) is 30.5 Å². The highest BCUT2D eigenvalue weighted by Crippen LogP contribution is 2.22. The molecule has 3 nitrogen and oxygen atoms in total. The molecule has 2 heterocycles. The van der Waals surface area contributed by atoms with E-state index in [1.54, 1.807) is 0 Å². The molecule has 1 N–H and O–H groups in total. The summed E-state index contributed by atoms with van der Waals surface area (Å²) in [6, 6.07) is 10.5. The minimum absolute atomic E-state index is 0.545. The van der Waals surface area contributed by atoms with E-state index in [-0.39, 0.29) is 0 Å². The Morgan fingerprint density at radius 1 is 1.19 bits per heavy atom. The van der Waals surface area contributed by atoms with Gasteiger partial charge in [0.1, 0.15) is 0 Å². The molecule has 21 heavy (non-hydrogen) atoms. The molecule has 3 heteroatoms. The first kappa shape index (κ1) is 15.0. The zero-order chi connectivity index (χ0) is 14.7. The van der Waals surface area contributed by atoms with Gasteiger partial charge in [-0.15, -0.1) is 0 Å². The second-order valence-corrected chi connectivity index (χ2v) is 6.92. The van der Waals surface area contributed by atoms with Gasteiger partial charge in [0, 0.05) is 44.8 Å². The van der Waals surface area contributed by atoms with Crippen molar-refractivity contribution in [3.63, 3.8) is 0 Å². The van der Waals surface area contributed by atoms with E-state index >= 15 is 0 Å². The van der Waals surface area contributed by atoms with Gasteiger partial charge < -0.3 is 5.32 Å². The second kappa shape index (κ2) is 6.91. The molecule has 0 amide bonds.